The van der Waals surface area contributed by atoms with Gasteiger partial charge in [-0.05, 0) is 25.1 Å². The fraction of sp³-hybridized carbons (Fsp3) is 0.333. The van der Waals surface area contributed by atoms with Crippen molar-refractivity contribution in [2.45, 2.75) is 6.92 Å². The van der Waals surface area contributed by atoms with Crippen molar-refractivity contribution in [2.24, 2.45) is 0 Å². The summed E-state index contributed by atoms with van der Waals surface area (Å²) in [6.45, 7) is 2.54. The average Bonchev–Trinajstić information content (AvgIpc) is 2.89. The summed E-state index contributed by atoms with van der Waals surface area (Å²) in [7, 11) is 4.00. The number of nitrogens with zero attached hydrogens (tertiary/aromatic N) is 4. The van der Waals surface area contributed by atoms with E-state index in [1.807, 2.05) is 48.7 Å². The molecule has 1 N–H and O–H groups in total. The number of aromatic nitrogens is 3. The van der Waals surface area contributed by atoms with E-state index in [1.54, 1.807) is 12.7 Å². The first-order chi connectivity index (χ1) is 8.72. The van der Waals surface area contributed by atoms with E-state index in [0.29, 0.717) is 6.61 Å². The van der Waals surface area contributed by atoms with Crippen LogP contribution in [0.4, 0.5) is 11.4 Å². The minimum Gasteiger partial charge on any atom is -0.376 e. The molecule has 0 aliphatic rings. The number of hydrogen-bond acceptors (Lipinski definition) is 5. The van der Waals surface area contributed by atoms with Gasteiger partial charge in [0.1, 0.15) is 12.7 Å². The topological polar surface area (TPSA) is 55.2 Å². The molecule has 6 nitrogen and oxygen atoms in total. The Labute approximate surface area is 106 Å². The van der Waals surface area contributed by atoms with Crippen LogP contribution in [0.3, 0.4) is 0 Å². The van der Waals surface area contributed by atoms with Crippen LogP contribution in [0.25, 0.3) is 5.69 Å². The summed E-state index contributed by atoms with van der Waals surface area (Å²) in [6, 6.07) is 5.99. The number of anilines is 2. The highest BCUT2D eigenvalue weighted by Crippen LogP contribution is 2.26. The molecule has 0 radical (unpaired) electrons. The molecule has 2 rings (SSSR count). The van der Waals surface area contributed by atoms with Gasteiger partial charge in [0.05, 0.1) is 23.7 Å². The van der Waals surface area contributed by atoms with Crippen LogP contribution >= 0.6 is 0 Å². The monoisotopic (exact) mass is 247 g/mol. The standard InChI is InChI=1S/C12H17N5O/c1-4-18-15-10-5-6-11(16(2)3)12(7-10)17-8-13-14-9-17/h5-9,15H,4H2,1-3H3. The molecule has 0 fully saturated rings. The van der Waals surface area contributed by atoms with E-state index in [1.165, 1.54) is 0 Å². The molecule has 0 spiro atoms. The second-order valence-electron chi connectivity index (χ2n) is 4.00. The van der Waals surface area contributed by atoms with Crippen molar-refractivity contribution in [3.05, 3.63) is 30.9 Å². The number of nitrogens with one attached hydrogen (secondary N) is 1. The molecule has 0 aliphatic heterocycles. The van der Waals surface area contributed by atoms with Gasteiger partial charge in [-0.3, -0.25) is 14.9 Å². The van der Waals surface area contributed by atoms with Crippen molar-refractivity contribution in [3.8, 4) is 5.69 Å². The maximum absolute atomic E-state index is 5.19. The molecule has 0 bridgehead atoms. The van der Waals surface area contributed by atoms with Crippen LogP contribution in [0.5, 0.6) is 0 Å². The molecular weight excluding hydrogens is 230 g/mol. The first kappa shape index (κ1) is 12.4. The van der Waals surface area contributed by atoms with Crippen molar-refractivity contribution >= 4 is 11.4 Å². The third-order valence-corrected chi connectivity index (χ3v) is 2.49. The third kappa shape index (κ3) is 2.60. The quantitative estimate of drug-likeness (QED) is 0.815. The second kappa shape index (κ2) is 5.50. The van der Waals surface area contributed by atoms with Gasteiger partial charge in [0.25, 0.3) is 0 Å². The average molecular weight is 247 g/mol. The minimum absolute atomic E-state index is 0.609. The van der Waals surface area contributed by atoms with Gasteiger partial charge in [0.2, 0.25) is 0 Å². The summed E-state index contributed by atoms with van der Waals surface area (Å²) in [5.41, 5.74) is 5.86. The summed E-state index contributed by atoms with van der Waals surface area (Å²) in [5, 5.41) is 7.67. The van der Waals surface area contributed by atoms with Gasteiger partial charge in [-0.2, -0.15) is 0 Å². The van der Waals surface area contributed by atoms with Crippen LogP contribution in [0.1, 0.15) is 6.92 Å². The zero-order valence-corrected chi connectivity index (χ0v) is 10.8. The summed E-state index contributed by atoms with van der Waals surface area (Å²) in [5.74, 6) is 0. The van der Waals surface area contributed by atoms with Crippen LogP contribution < -0.4 is 10.4 Å². The van der Waals surface area contributed by atoms with Gasteiger partial charge in [-0.25, -0.2) is 0 Å². The predicted molar refractivity (Wildman–Crippen MR) is 70.9 cm³/mol. The molecular formula is C12H17N5O. The molecule has 0 saturated carbocycles. The van der Waals surface area contributed by atoms with Gasteiger partial charge in [0.15, 0.2) is 0 Å². The van der Waals surface area contributed by atoms with Gasteiger partial charge < -0.3 is 4.90 Å². The van der Waals surface area contributed by atoms with E-state index in [4.69, 9.17) is 4.84 Å². The molecule has 96 valence electrons. The molecule has 18 heavy (non-hydrogen) atoms. The number of rotatable bonds is 5. The Morgan fingerprint density at radius 2 is 2.00 bits per heavy atom. The highest BCUT2D eigenvalue weighted by molar-refractivity contribution is 5.67. The highest BCUT2D eigenvalue weighted by atomic mass is 16.6. The maximum Gasteiger partial charge on any atom is 0.123 e. The van der Waals surface area contributed by atoms with Crippen molar-refractivity contribution in [1.82, 2.24) is 14.8 Å². The van der Waals surface area contributed by atoms with Crippen LogP contribution in [0.15, 0.2) is 30.9 Å². The van der Waals surface area contributed by atoms with Gasteiger partial charge in [-0.1, -0.05) is 0 Å². The van der Waals surface area contributed by atoms with Crippen molar-refractivity contribution < 1.29 is 4.84 Å². The second-order valence-corrected chi connectivity index (χ2v) is 4.00. The van der Waals surface area contributed by atoms with E-state index in [2.05, 4.69) is 15.7 Å². The summed E-state index contributed by atoms with van der Waals surface area (Å²) in [6.07, 6.45) is 3.35. The molecule has 2 aromatic rings. The van der Waals surface area contributed by atoms with E-state index in [9.17, 15) is 0 Å². The Hall–Kier alpha value is -2.08. The molecule has 0 saturated heterocycles. The lowest BCUT2D eigenvalue weighted by atomic mass is 10.2. The van der Waals surface area contributed by atoms with E-state index >= 15 is 0 Å². The smallest absolute Gasteiger partial charge is 0.123 e. The van der Waals surface area contributed by atoms with Crippen LogP contribution in [-0.2, 0) is 4.84 Å². The number of hydrogen-bond donors (Lipinski definition) is 1. The molecule has 1 heterocycles. The normalized spacial score (nSPS) is 10.4. The molecule has 0 amide bonds. The lowest BCUT2D eigenvalue weighted by Crippen LogP contribution is -2.12. The molecule has 0 aliphatic carbocycles. The van der Waals surface area contributed by atoms with E-state index in [-0.39, 0.29) is 0 Å². The van der Waals surface area contributed by atoms with Crippen molar-refractivity contribution in [3.63, 3.8) is 0 Å². The van der Waals surface area contributed by atoms with E-state index < -0.39 is 0 Å². The fourth-order valence-electron chi connectivity index (χ4n) is 1.65. The van der Waals surface area contributed by atoms with Gasteiger partial charge in [0, 0.05) is 14.1 Å². The van der Waals surface area contributed by atoms with Crippen LogP contribution in [0.2, 0.25) is 0 Å². The zero-order valence-electron chi connectivity index (χ0n) is 10.8. The zero-order chi connectivity index (χ0) is 13.0. The van der Waals surface area contributed by atoms with Crippen LogP contribution in [-0.4, -0.2) is 35.5 Å². The van der Waals surface area contributed by atoms with E-state index in [0.717, 1.165) is 17.1 Å². The summed E-state index contributed by atoms with van der Waals surface area (Å²) in [4.78, 5) is 7.23. The molecule has 0 unspecified atom stereocenters. The first-order valence-corrected chi connectivity index (χ1v) is 5.76. The fourth-order valence-corrected chi connectivity index (χ4v) is 1.65. The minimum atomic E-state index is 0.609. The van der Waals surface area contributed by atoms with Gasteiger partial charge in [-0.15, -0.1) is 10.2 Å². The summed E-state index contributed by atoms with van der Waals surface area (Å²) >= 11 is 0. The molecule has 0 atom stereocenters. The van der Waals surface area contributed by atoms with Crippen molar-refractivity contribution in [1.29, 1.82) is 0 Å². The molecule has 6 heteroatoms. The molecule has 1 aromatic carbocycles. The Kier molecular flexibility index (Phi) is 3.78. The number of benzene rings is 1. The SMILES string of the molecule is CCONc1ccc(N(C)C)c(-n2cnnc2)c1. The Morgan fingerprint density at radius 3 is 2.61 bits per heavy atom. The lowest BCUT2D eigenvalue weighted by molar-refractivity contribution is 0.210. The molecule has 1 aromatic heterocycles. The van der Waals surface area contributed by atoms with Gasteiger partial charge >= 0.3 is 0 Å². The maximum atomic E-state index is 5.19. The third-order valence-electron chi connectivity index (χ3n) is 2.49. The van der Waals surface area contributed by atoms with Crippen molar-refractivity contribution in [2.75, 3.05) is 31.1 Å². The lowest BCUT2D eigenvalue weighted by Gasteiger charge is -2.18. The highest BCUT2D eigenvalue weighted by Gasteiger charge is 2.08. The largest absolute Gasteiger partial charge is 0.376 e. The Morgan fingerprint density at radius 1 is 1.28 bits per heavy atom. The Balaban J connectivity index is 2.38. The predicted octanol–water partition coefficient (Wildman–Crippen LogP) is 1.70. The van der Waals surface area contributed by atoms with Crippen LogP contribution in [0, 0.1) is 0 Å². The first-order valence-electron chi connectivity index (χ1n) is 5.76. The Bertz CT molecular complexity index is 495. The summed E-state index contributed by atoms with van der Waals surface area (Å²) < 4.78 is 1.87.